The number of carbonyl (C=O) groups excluding carboxylic acids is 2. The largest absolute Gasteiger partial charge is 0.488 e. The van der Waals surface area contributed by atoms with Crippen molar-refractivity contribution in [1.82, 2.24) is 15.2 Å². The predicted octanol–water partition coefficient (Wildman–Crippen LogP) is 4.77. The zero-order valence-corrected chi connectivity index (χ0v) is 22.7. The molecule has 2 amide bonds. The number of aliphatic carboxylic acids is 1. The van der Waals surface area contributed by atoms with Crippen molar-refractivity contribution in [2.24, 2.45) is 5.41 Å². The number of pyridine rings is 1. The van der Waals surface area contributed by atoms with E-state index in [1.54, 1.807) is 53.7 Å². The number of carboxylic acid groups (broad SMARTS) is 1. The van der Waals surface area contributed by atoms with Crippen molar-refractivity contribution in [3.8, 4) is 17.0 Å². The zero-order valence-electron chi connectivity index (χ0n) is 21.9. The first-order valence-corrected chi connectivity index (χ1v) is 12.4. The molecule has 0 unspecified atom stereocenters. The maximum Gasteiger partial charge on any atom is 0.408 e. The summed E-state index contributed by atoms with van der Waals surface area (Å²) in [7, 11) is 0. The van der Waals surface area contributed by atoms with Gasteiger partial charge in [-0.2, -0.15) is 0 Å². The molecule has 1 aliphatic rings. The predicted molar refractivity (Wildman–Crippen MR) is 139 cm³/mol. The summed E-state index contributed by atoms with van der Waals surface area (Å²) in [6, 6.07) is 10.6. The van der Waals surface area contributed by atoms with Crippen LogP contribution in [0.15, 0.2) is 42.5 Å². The number of hydrogen-bond acceptors (Lipinski definition) is 6. The fraction of sp³-hybridized carbons (Fsp3) is 0.481. The van der Waals surface area contributed by atoms with Crippen molar-refractivity contribution in [2.45, 2.75) is 71.8 Å². The molecule has 0 aliphatic carbocycles. The maximum atomic E-state index is 13.6. The van der Waals surface area contributed by atoms with Crippen LogP contribution < -0.4 is 10.1 Å². The summed E-state index contributed by atoms with van der Waals surface area (Å²) in [5.41, 5.74) is -0.00378. The van der Waals surface area contributed by atoms with Crippen molar-refractivity contribution >= 4 is 29.6 Å². The van der Waals surface area contributed by atoms with Crippen molar-refractivity contribution in [3.63, 3.8) is 0 Å². The summed E-state index contributed by atoms with van der Waals surface area (Å²) in [4.78, 5) is 43.8. The second kappa shape index (κ2) is 11.0. The number of benzene rings is 1. The molecule has 1 aliphatic heterocycles. The average Bonchev–Trinajstić information content (AvgIpc) is 3.19. The van der Waals surface area contributed by atoms with Crippen molar-refractivity contribution < 1.29 is 29.0 Å². The molecule has 0 bridgehead atoms. The topological polar surface area (TPSA) is 118 Å². The van der Waals surface area contributed by atoms with Crippen LogP contribution in [-0.2, 0) is 14.3 Å². The Morgan fingerprint density at radius 1 is 1.11 bits per heavy atom. The van der Waals surface area contributed by atoms with Crippen LogP contribution in [-0.4, -0.2) is 63.3 Å². The molecular weight excluding hydrogens is 498 g/mol. The summed E-state index contributed by atoms with van der Waals surface area (Å²) in [6.07, 6.45) is -1.28. The molecular formula is C27H34ClN3O6. The van der Waals surface area contributed by atoms with Gasteiger partial charge in [0.05, 0.1) is 12.2 Å². The van der Waals surface area contributed by atoms with Crippen molar-refractivity contribution in [1.29, 1.82) is 0 Å². The number of rotatable bonds is 6. The van der Waals surface area contributed by atoms with Gasteiger partial charge in [0.25, 0.3) is 0 Å². The normalized spacial score (nSPS) is 18.7. The van der Waals surface area contributed by atoms with E-state index in [9.17, 15) is 19.5 Å². The van der Waals surface area contributed by atoms with Gasteiger partial charge in [-0.15, -0.1) is 0 Å². The Morgan fingerprint density at radius 2 is 1.76 bits per heavy atom. The molecule has 0 saturated carbocycles. The SMILES string of the molecule is CC(C)(C)OC(=O)N[C@H](C(=O)N1C[C@H](Oc2cc(Cl)nc(-c3ccccc3)c2)C[C@H]1C(=O)O)C(C)(C)C. The lowest BCUT2D eigenvalue weighted by Crippen LogP contribution is -2.57. The Bertz CT molecular complexity index is 1140. The number of hydrogen-bond donors (Lipinski definition) is 2. The first-order valence-electron chi connectivity index (χ1n) is 12.1. The van der Waals surface area contributed by atoms with E-state index >= 15 is 0 Å². The van der Waals surface area contributed by atoms with E-state index in [0.29, 0.717) is 11.4 Å². The first-order chi connectivity index (χ1) is 17.1. The highest BCUT2D eigenvalue weighted by Crippen LogP contribution is 2.31. The highest BCUT2D eigenvalue weighted by Gasteiger charge is 2.46. The van der Waals surface area contributed by atoms with Crippen molar-refractivity contribution in [3.05, 3.63) is 47.6 Å². The Hall–Kier alpha value is -3.33. The molecule has 200 valence electrons. The maximum absolute atomic E-state index is 13.6. The Labute approximate surface area is 222 Å². The fourth-order valence-corrected chi connectivity index (χ4v) is 4.29. The van der Waals surface area contributed by atoms with Gasteiger partial charge in [-0.3, -0.25) is 4.79 Å². The van der Waals surface area contributed by atoms with Crippen LogP contribution in [0.25, 0.3) is 11.3 Å². The monoisotopic (exact) mass is 531 g/mol. The third-order valence-corrected chi connectivity index (χ3v) is 5.94. The van der Waals surface area contributed by atoms with Crippen molar-refractivity contribution in [2.75, 3.05) is 6.54 Å². The summed E-state index contributed by atoms with van der Waals surface area (Å²) < 4.78 is 11.4. The zero-order chi connectivity index (χ0) is 27.5. The Kier molecular flexibility index (Phi) is 8.37. The minimum Gasteiger partial charge on any atom is -0.488 e. The number of likely N-dealkylation sites (tertiary alicyclic amines) is 1. The second-order valence-electron chi connectivity index (χ2n) is 11.1. The number of carbonyl (C=O) groups is 3. The fourth-order valence-electron chi connectivity index (χ4n) is 4.09. The number of carboxylic acids is 1. The van der Waals surface area contributed by atoms with E-state index in [-0.39, 0.29) is 18.1 Å². The highest BCUT2D eigenvalue weighted by molar-refractivity contribution is 6.29. The number of alkyl carbamates (subject to hydrolysis) is 1. The average molecular weight is 532 g/mol. The van der Waals surface area contributed by atoms with Gasteiger partial charge in [0.1, 0.15) is 34.7 Å². The summed E-state index contributed by atoms with van der Waals surface area (Å²) >= 11 is 6.23. The molecule has 9 nitrogen and oxygen atoms in total. The van der Waals surface area contributed by atoms with E-state index < -0.39 is 47.2 Å². The van der Waals surface area contributed by atoms with Gasteiger partial charge in [0.2, 0.25) is 5.91 Å². The third kappa shape index (κ3) is 7.58. The molecule has 3 rings (SSSR count). The van der Waals surface area contributed by atoms with Crippen LogP contribution in [0.2, 0.25) is 5.15 Å². The van der Waals surface area contributed by atoms with Crippen LogP contribution >= 0.6 is 11.6 Å². The molecule has 2 heterocycles. The number of aromatic nitrogens is 1. The molecule has 1 saturated heterocycles. The molecule has 1 aromatic carbocycles. The van der Waals surface area contributed by atoms with Crippen LogP contribution in [0.1, 0.15) is 48.0 Å². The molecule has 2 aromatic rings. The minimum absolute atomic E-state index is 0.0268. The van der Waals surface area contributed by atoms with E-state index in [1.807, 2.05) is 30.3 Å². The van der Waals surface area contributed by atoms with Gasteiger partial charge >= 0.3 is 12.1 Å². The number of nitrogens with one attached hydrogen (secondary N) is 1. The van der Waals surface area contributed by atoms with Gasteiger partial charge < -0.3 is 24.8 Å². The Morgan fingerprint density at radius 3 is 2.32 bits per heavy atom. The van der Waals surface area contributed by atoms with Gasteiger partial charge in [-0.1, -0.05) is 62.7 Å². The highest BCUT2D eigenvalue weighted by atomic mass is 35.5. The Balaban J connectivity index is 1.81. The van der Waals surface area contributed by atoms with E-state index in [0.717, 1.165) is 5.56 Å². The van der Waals surface area contributed by atoms with E-state index in [2.05, 4.69) is 10.3 Å². The lowest BCUT2D eigenvalue weighted by molar-refractivity contribution is -0.150. The number of nitrogens with zero attached hydrogens (tertiary/aromatic N) is 2. The summed E-state index contributed by atoms with van der Waals surface area (Å²) in [5.74, 6) is -1.25. The standard InChI is InChI=1S/C27H34ClN3O6/c1-26(2,3)22(30-25(35)37-27(4,5)6)23(32)31-15-18(13-20(31)24(33)34)36-17-12-19(29-21(28)14-17)16-10-8-7-9-11-16/h7-12,14,18,20,22H,13,15H2,1-6H3,(H,30,35)(H,33,34)/t18-,20+,22-/m1/s1. The van der Waals surface area contributed by atoms with Gasteiger partial charge in [0, 0.05) is 24.1 Å². The lowest BCUT2D eigenvalue weighted by atomic mass is 9.85. The number of ether oxygens (including phenoxy) is 2. The number of halogens is 1. The molecule has 0 radical (unpaired) electrons. The summed E-state index contributed by atoms with van der Waals surface area (Å²) in [6.45, 7) is 10.6. The first kappa shape index (κ1) is 28.2. The van der Waals surface area contributed by atoms with Gasteiger partial charge in [-0.05, 0) is 26.2 Å². The smallest absolute Gasteiger partial charge is 0.408 e. The molecule has 1 fully saturated rings. The lowest BCUT2D eigenvalue weighted by Gasteiger charge is -2.35. The minimum atomic E-state index is -1.15. The van der Waals surface area contributed by atoms with E-state index in [1.165, 1.54) is 4.90 Å². The second-order valence-corrected chi connectivity index (χ2v) is 11.5. The van der Waals surface area contributed by atoms with Crippen LogP contribution in [0, 0.1) is 5.41 Å². The molecule has 3 atom stereocenters. The molecule has 37 heavy (non-hydrogen) atoms. The number of amides is 2. The molecule has 10 heteroatoms. The molecule has 0 spiro atoms. The van der Waals surface area contributed by atoms with E-state index in [4.69, 9.17) is 21.1 Å². The third-order valence-electron chi connectivity index (χ3n) is 5.74. The van der Waals surface area contributed by atoms with Gasteiger partial charge in [0.15, 0.2) is 0 Å². The summed E-state index contributed by atoms with van der Waals surface area (Å²) in [5, 5.41) is 12.7. The quantitative estimate of drug-likeness (QED) is 0.515. The molecule has 2 N–H and O–H groups in total. The van der Waals surface area contributed by atoms with Gasteiger partial charge in [-0.25, -0.2) is 14.6 Å². The van der Waals surface area contributed by atoms with Crippen LogP contribution in [0.5, 0.6) is 5.75 Å². The van der Waals surface area contributed by atoms with Crippen LogP contribution in [0.3, 0.4) is 0 Å². The van der Waals surface area contributed by atoms with Crippen LogP contribution in [0.4, 0.5) is 4.79 Å². The molecule has 1 aromatic heterocycles.